The van der Waals surface area contributed by atoms with Crippen LogP contribution in [0.1, 0.15) is 45.0 Å². The number of aryl methyl sites for hydroxylation is 1. The molecule has 5 nitrogen and oxygen atoms in total. The van der Waals surface area contributed by atoms with Crippen molar-refractivity contribution in [1.82, 2.24) is 9.97 Å². The molecule has 0 saturated carbocycles. The Bertz CT molecular complexity index is 455. The molecular formula is C15H26N4O. The molecule has 1 aromatic heterocycles. The van der Waals surface area contributed by atoms with E-state index in [-0.39, 0.29) is 5.60 Å². The summed E-state index contributed by atoms with van der Waals surface area (Å²) < 4.78 is 5.81. The van der Waals surface area contributed by atoms with Crippen LogP contribution < -0.4 is 10.6 Å². The molecule has 20 heavy (non-hydrogen) atoms. The van der Waals surface area contributed by atoms with Gasteiger partial charge in [0.05, 0.1) is 5.60 Å². The van der Waals surface area contributed by atoms with Gasteiger partial charge in [-0.05, 0) is 33.6 Å². The smallest absolute Gasteiger partial charge is 0.134 e. The number of anilines is 2. The van der Waals surface area contributed by atoms with E-state index in [1.807, 2.05) is 0 Å². The normalized spacial score (nSPS) is 22.0. The van der Waals surface area contributed by atoms with Crippen LogP contribution in [0, 0.1) is 6.92 Å². The Morgan fingerprint density at radius 3 is 2.45 bits per heavy atom. The van der Waals surface area contributed by atoms with E-state index in [2.05, 4.69) is 48.3 Å². The number of nitrogens with zero attached hydrogens (tertiary/aromatic N) is 2. The Morgan fingerprint density at radius 1 is 1.20 bits per heavy atom. The molecule has 2 heterocycles. The molecule has 1 unspecified atom stereocenters. The Kier molecular flexibility index (Phi) is 4.81. The largest absolute Gasteiger partial charge is 0.373 e. The molecule has 0 radical (unpaired) electrons. The monoisotopic (exact) mass is 278 g/mol. The molecule has 1 aliphatic rings. The predicted octanol–water partition coefficient (Wildman–Crippen LogP) is 2.76. The van der Waals surface area contributed by atoms with Gasteiger partial charge in [0.1, 0.15) is 17.5 Å². The van der Waals surface area contributed by atoms with Crippen LogP contribution in [0.2, 0.25) is 0 Å². The Labute approximate surface area is 121 Å². The van der Waals surface area contributed by atoms with Gasteiger partial charge in [0.2, 0.25) is 0 Å². The lowest BCUT2D eigenvalue weighted by molar-refractivity contribution is 0.0314. The maximum atomic E-state index is 5.81. The molecule has 2 rings (SSSR count). The molecule has 1 fully saturated rings. The zero-order valence-electron chi connectivity index (χ0n) is 13.0. The quantitative estimate of drug-likeness (QED) is 0.838. The van der Waals surface area contributed by atoms with Gasteiger partial charge in [0, 0.05) is 31.7 Å². The van der Waals surface area contributed by atoms with Gasteiger partial charge in [-0.3, -0.25) is 0 Å². The van der Waals surface area contributed by atoms with Crippen molar-refractivity contribution in [2.24, 2.45) is 0 Å². The van der Waals surface area contributed by atoms with Crippen molar-refractivity contribution in [3.63, 3.8) is 0 Å². The van der Waals surface area contributed by atoms with Gasteiger partial charge in [0.15, 0.2) is 0 Å². The van der Waals surface area contributed by atoms with Crippen molar-refractivity contribution < 1.29 is 4.74 Å². The fraction of sp³-hybridized carbons (Fsp3) is 0.733. The molecule has 1 aliphatic heterocycles. The van der Waals surface area contributed by atoms with Gasteiger partial charge in [-0.1, -0.05) is 6.92 Å². The summed E-state index contributed by atoms with van der Waals surface area (Å²) in [6.45, 7) is 10.9. The third-order valence-corrected chi connectivity index (χ3v) is 3.78. The van der Waals surface area contributed by atoms with Crippen molar-refractivity contribution in [2.75, 3.05) is 30.3 Å². The maximum absolute atomic E-state index is 5.81. The summed E-state index contributed by atoms with van der Waals surface area (Å²) in [7, 11) is 0. The average Bonchev–Trinajstić information content (AvgIpc) is 2.87. The summed E-state index contributed by atoms with van der Waals surface area (Å²) in [5.74, 6) is 2.72. The zero-order valence-corrected chi connectivity index (χ0v) is 13.0. The molecule has 5 heteroatoms. The lowest BCUT2D eigenvalue weighted by Gasteiger charge is -2.24. The number of aromatic nitrogens is 2. The molecule has 0 aliphatic carbocycles. The maximum Gasteiger partial charge on any atom is 0.134 e. The van der Waals surface area contributed by atoms with E-state index in [0.29, 0.717) is 0 Å². The summed E-state index contributed by atoms with van der Waals surface area (Å²) in [6.07, 6.45) is 3.08. The third-order valence-electron chi connectivity index (χ3n) is 3.78. The van der Waals surface area contributed by atoms with E-state index in [1.165, 1.54) is 0 Å². The molecule has 0 spiro atoms. The van der Waals surface area contributed by atoms with E-state index >= 15 is 0 Å². The zero-order chi connectivity index (χ0) is 14.6. The van der Waals surface area contributed by atoms with Gasteiger partial charge < -0.3 is 15.4 Å². The fourth-order valence-electron chi connectivity index (χ4n) is 2.48. The SMILES string of the molecule is CCNc1nc(CC)nc(NCC2(C)CCCO2)c1C. The number of hydrogen-bond acceptors (Lipinski definition) is 5. The molecule has 112 valence electrons. The van der Waals surface area contributed by atoms with E-state index < -0.39 is 0 Å². The highest BCUT2D eigenvalue weighted by molar-refractivity contribution is 5.57. The van der Waals surface area contributed by atoms with Crippen molar-refractivity contribution >= 4 is 11.6 Å². The second kappa shape index (κ2) is 6.39. The first-order chi connectivity index (χ1) is 9.58. The minimum Gasteiger partial charge on any atom is -0.373 e. The van der Waals surface area contributed by atoms with Crippen molar-refractivity contribution in [3.8, 4) is 0 Å². The highest BCUT2D eigenvalue weighted by Gasteiger charge is 2.29. The van der Waals surface area contributed by atoms with Gasteiger partial charge >= 0.3 is 0 Å². The van der Waals surface area contributed by atoms with Crippen LogP contribution in [0.15, 0.2) is 0 Å². The lowest BCUT2D eigenvalue weighted by atomic mass is 10.0. The molecule has 2 N–H and O–H groups in total. The average molecular weight is 278 g/mol. The number of rotatable bonds is 6. The van der Waals surface area contributed by atoms with E-state index in [0.717, 1.165) is 62.0 Å². The number of ether oxygens (including phenoxy) is 1. The van der Waals surface area contributed by atoms with Crippen molar-refractivity contribution in [1.29, 1.82) is 0 Å². The fourth-order valence-corrected chi connectivity index (χ4v) is 2.48. The summed E-state index contributed by atoms with van der Waals surface area (Å²) in [5, 5.41) is 6.76. The summed E-state index contributed by atoms with van der Waals surface area (Å²) in [6, 6.07) is 0. The lowest BCUT2D eigenvalue weighted by Crippen LogP contribution is -2.33. The first-order valence-corrected chi connectivity index (χ1v) is 7.57. The van der Waals surface area contributed by atoms with Gasteiger partial charge in [-0.15, -0.1) is 0 Å². The first-order valence-electron chi connectivity index (χ1n) is 7.57. The molecule has 0 bridgehead atoms. The molecule has 1 saturated heterocycles. The van der Waals surface area contributed by atoms with Gasteiger partial charge in [0.25, 0.3) is 0 Å². The van der Waals surface area contributed by atoms with E-state index in [9.17, 15) is 0 Å². The van der Waals surface area contributed by atoms with Crippen LogP contribution >= 0.6 is 0 Å². The molecule has 1 aromatic rings. The summed E-state index contributed by atoms with van der Waals surface area (Å²) >= 11 is 0. The second-order valence-corrected chi connectivity index (χ2v) is 5.60. The molecule has 1 atom stereocenters. The van der Waals surface area contributed by atoms with Crippen LogP contribution in [0.4, 0.5) is 11.6 Å². The highest BCUT2D eigenvalue weighted by atomic mass is 16.5. The topological polar surface area (TPSA) is 59.1 Å². The Balaban J connectivity index is 2.15. The van der Waals surface area contributed by atoms with Crippen LogP contribution in [0.3, 0.4) is 0 Å². The standard InChI is InChI=1S/C15H26N4O/c1-5-12-18-13(16-6-2)11(3)14(19-12)17-10-15(4)8-7-9-20-15/h5-10H2,1-4H3,(H2,16,17,18,19). The van der Waals surface area contributed by atoms with Gasteiger partial charge in [-0.2, -0.15) is 0 Å². The molecule has 0 amide bonds. The second-order valence-electron chi connectivity index (χ2n) is 5.60. The third kappa shape index (κ3) is 3.39. The number of hydrogen-bond donors (Lipinski definition) is 2. The first kappa shape index (κ1) is 15.0. The highest BCUT2D eigenvalue weighted by Crippen LogP contribution is 2.27. The Hall–Kier alpha value is -1.36. The van der Waals surface area contributed by atoms with Gasteiger partial charge in [-0.25, -0.2) is 9.97 Å². The minimum atomic E-state index is -0.0673. The van der Waals surface area contributed by atoms with Crippen LogP contribution in [-0.4, -0.2) is 35.3 Å². The summed E-state index contributed by atoms with van der Waals surface area (Å²) in [5.41, 5.74) is 1.01. The van der Waals surface area contributed by atoms with Crippen LogP contribution in [0.5, 0.6) is 0 Å². The van der Waals surface area contributed by atoms with Crippen LogP contribution in [0.25, 0.3) is 0 Å². The minimum absolute atomic E-state index is 0.0673. The molecular weight excluding hydrogens is 252 g/mol. The Morgan fingerprint density at radius 2 is 1.90 bits per heavy atom. The van der Waals surface area contributed by atoms with Crippen LogP contribution in [-0.2, 0) is 11.2 Å². The van der Waals surface area contributed by atoms with E-state index in [4.69, 9.17) is 4.74 Å². The van der Waals surface area contributed by atoms with Crippen molar-refractivity contribution in [2.45, 2.75) is 52.6 Å². The summed E-state index contributed by atoms with van der Waals surface area (Å²) in [4.78, 5) is 9.15. The van der Waals surface area contributed by atoms with Crippen molar-refractivity contribution in [3.05, 3.63) is 11.4 Å². The predicted molar refractivity (Wildman–Crippen MR) is 82.4 cm³/mol. The molecule has 0 aromatic carbocycles. The number of nitrogens with one attached hydrogen (secondary N) is 2. The van der Waals surface area contributed by atoms with E-state index in [1.54, 1.807) is 0 Å².